The molecule has 6 heteroatoms. The predicted octanol–water partition coefficient (Wildman–Crippen LogP) is -0.901. The van der Waals surface area contributed by atoms with E-state index in [2.05, 4.69) is 4.72 Å². The van der Waals surface area contributed by atoms with Crippen molar-refractivity contribution in [3.8, 4) is 0 Å². The summed E-state index contributed by atoms with van der Waals surface area (Å²) in [6.45, 7) is 0.145. The Morgan fingerprint density at radius 3 is 2.27 bits per heavy atom. The van der Waals surface area contributed by atoms with Gasteiger partial charge in [0.25, 0.3) is 0 Å². The van der Waals surface area contributed by atoms with E-state index in [1.165, 1.54) is 24.3 Å². The zero-order valence-corrected chi connectivity index (χ0v) is 8.87. The third-order valence-corrected chi connectivity index (χ3v) is 2.40. The fraction of sp³-hybridized carbons (Fsp3) is 0.222. The summed E-state index contributed by atoms with van der Waals surface area (Å²) in [6, 6.07) is 5.80. The number of carboxylic acids is 1. The van der Waals surface area contributed by atoms with E-state index in [1.807, 2.05) is 0 Å². The molecule has 0 heterocycles. The molecule has 0 amide bonds. The second kappa shape index (κ2) is 4.41. The summed E-state index contributed by atoms with van der Waals surface area (Å²) < 4.78 is 23.8. The van der Waals surface area contributed by atoms with Gasteiger partial charge in [-0.2, -0.15) is 0 Å². The van der Waals surface area contributed by atoms with Gasteiger partial charge in [-0.05, 0) is 11.1 Å². The molecule has 0 saturated heterocycles. The molecule has 0 spiro atoms. The van der Waals surface area contributed by atoms with Crippen LogP contribution in [0.15, 0.2) is 24.3 Å². The Hall–Kier alpha value is -1.40. The van der Waals surface area contributed by atoms with Crippen molar-refractivity contribution < 1.29 is 18.3 Å². The summed E-state index contributed by atoms with van der Waals surface area (Å²) in [5.74, 6) is -1.25. The molecule has 0 aliphatic carbocycles. The smallest absolute Gasteiger partial charge is 0.209 e. The maximum atomic E-state index is 10.8. The van der Waals surface area contributed by atoms with Gasteiger partial charge in [-0.3, -0.25) is 0 Å². The van der Waals surface area contributed by atoms with Crippen molar-refractivity contribution in [2.75, 3.05) is 6.26 Å². The summed E-state index contributed by atoms with van der Waals surface area (Å²) >= 11 is 0. The van der Waals surface area contributed by atoms with E-state index in [1.54, 1.807) is 0 Å². The second-order valence-corrected chi connectivity index (χ2v) is 4.91. The number of carbonyl (C=O) groups excluding carboxylic acids is 1. The first-order valence-corrected chi connectivity index (χ1v) is 6.02. The van der Waals surface area contributed by atoms with Crippen LogP contribution in [0.4, 0.5) is 0 Å². The summed E-state index contributed by atoms with van der Waals surface area (Å²) in [5.41, 5.74) is 0.753. The third-order valence-electron chi connectivity index (χ3n) is 1.73. The van der Waals surface area contributed by atoms with Crippen LogP contribution in [0.2, 0.25) is 0 Å². The lowest BCUT2D eigenvalue weighted by atomic mass is 10.1. The van der Waals surface area contributed by atoms with Crippen LogP contribution in [0.1, 0.15) is 15.9 Å². The Morgan fingerprint density at radius 1 is 1.33 bits per heavy atom. The number of carboxylic acid groups (broad SMARTS) is 1. The maximum Gasteiger partial charge on any atom is 0.209 e. The van der Waals surface area contributed by atoms with Crippen LogP contribution >= 0.6 is 0 Å². The van der Waals surface area contributed by atoms with E-state index in [-0.39, 0.29) is 12.1 Å². The quantitative estimate of drug-likeness (QED) is 0.723. The van der Waals surface area contributed by atoms with Gasteiger partial charge in [0.2, 0.25) is 10.0 Å². The highest BCUT2D eigenvalue weighted by Crippen LogP contribution is 2.03. The van der Waals surface area contributed by atoms with Crippen LogP contribution in [0.25, 0.3) is 0 Å². The number of carbonyl (C=O) groups is 1. The average molecular weight is 228 g/mol. The van der Waals surface area contributed by atoms with Crippen molar-refractivity contribution in [1.29, 1.82) is 0 Å². The minimum atomic E-state index is -3.23. The van der Waals surface area contributed by atoms with E-state index < -0.39 is 16.0 Å². The van der Waals surface area contributed by atoms with E-state index in [4.69, 9.17) is 0 Å². The molecule has 0 saturated carbocycles. The SMILES string of the molecule is CS(=O)(=O)NCc1ccc(C(=O)[O-])cc1. The monoisotopic (exact) mass is 228 g/mol. The fourth-order valence-electron chi connectivity index (χ4n) is 0.973. The molecule has 1 N–H and O–H groups in total. The molecular formula is C9H10NO4S-. The first kappa shape index (κ1) is 11.7. The van der Waals surface area contributed by atoms with Crippen molar-refractivity contribution in [3.05, 3.63) is 35.4 Å². The van der Waals surface area contributed by atoms with Gasteiger partial charge in [0.15, 0.2) is 0 Å². The van der Waals surface area contributed by atoms with Gasteiger partial charge in [0, 0.05) is 6.54 Å². The van der Waals surface area contributed by atoms with Crippen molar-refractivity contribution in [3.63, 3.8) is 0 Å². The molecule has 0 atom stereocenters. The van der Waals surface area contributed by atoms with Crippen molar-refractivity contribution >= 4 is 16.0 Å². The van der Waals surface area contributed by atoms with Crippen molar-refractivity contribution in [1.82, 2.24) is 4.72 Å². The predicted molar refractivity (Wildman–Crippen MR) is 52.5 cm³/mol. The van der Waals surface area contributed by atoms with Gasteiger partial charge >= 0.3 is 0 Å². The molecule has 1 aromatic carbocycles. The molecule has 5 nitrogen and oxygen atoms in total. The molecule has 0 bridgehead atoms. The number of sulfonamides is 1. The standard InChI is InChI=1S/C9H11NO4S/c1-15(13,14)10-6-7-2-4-8(5-3-7)9(11)12/h2-5,10H,6H2,1H3,(H,11,12)/p-1. The number of benzene rings is 1. The lowest BCUT2D eigenvalue weighted by Gasteiger charge is -2.05. The Bertz CT molecular complexity index is 450. The van der Waals surface area contributed by atoms with Gasteiger partial charge < -0.3 is 9.90 Å². The summed E-state index contributed by atoms with van der Waals surface area (Å²) in [4.78, 5) is 10.4. The first-order chi connectivity index (χ1) is 6.88. The van der Waals surface area contributed by atoms with Crippen LogP contribution in [-0.4, -0.2) is 20.6 Å². The van der Waals surface area contributed by atoms with Crippen LogP contribution in [0.3, 0.4) is 0 Å². The highest BCUT2D eigenvalue weighted by atomic mass is 32.2. The molecule has 1 rings (SSSR count). The molecule has 0 aromatic heterocycles. The lowest BCUT2D eigenvalue weighted by molar-refractivity contribution is -0.255. The molecule has 0 unspecified atom stereocenters. The lowest BCUT2D eigenvalue weighted by Crippen LogP contribution is -2.23. The molecule has 0 aliphatic heterocycles. The van der Waals surface area contributed by atoms with Crippen LogP contribution in [0, 0.1) is 0 Å². The van der Waals surface area contributed by atoms with E-state index in [0.717, 1.165) is 6.26 Å². The number of nitrogens with one attached hydrogen (secondary N) is 1. The number of rotatable bonds is 4. The number of hydrogen-bond donors (Lipinski definition) is 1. The zero-order valence-electron chi connectivity index (χ0n) is 8.06. The second-order valence-electron chi connectivity index (χ2n) is 3.08. The Kier molecular flexibility index (Phi) is 3.43. The number of aromatic carboxylic acids is 1. The molecule has 82 valence electrons. The maximum absolute atomic E-state index is 10.8. The molecule has 0 radical (unpaired) electrons. The van der Waals surface area contributed by atoms with Gasteiger partial charge in [-0.15, -0.1) is 0 Å². The van der Waals surface area contributed by atoms with Crippen LogP contribution < -0.4 is 9.83 Å². The zero-order chi connectivity index (χ0) is 11.5. The molecular weight excluding hydrogens is 218 g/mol. The first-order valence-electron chi connectivity index (χ1n) is 4.13. The summed E-state index contributed by atoms with van der Waals surface area (Å²) in [6.07, 6.45) is 1.06. The Morgan fingerprint density at radius 2 is 1.87 bits per heavy atom. The van der Waals surface area contributed by atoms with Crippen molar-refractivity contribution in [2.24, 2.45) is 0 Å². The van der Waals surface area contributed by atoms with E-state index in [0.29, 0.717) is 5.56 Å². The minimum absolute atomic E-state index is 0.0677. The average Bonchev–Trinajstić information content (AvgIpc) is 2.14. The van der Waals surface area contributed by atoms with E-state index in [9.17, 15) is 18.3 Å². The third kappa shape index (κ3) is 4.09. The topological polar surface area (TPSA) is 86.3 Å². The fourth-order valence-corrected chi connectivity index (χ4v) is 1.40. The summed E-state index contributed by atoms with van der Waals surface area (Å²) in [5, 5.41) is 10.4. The Labute approximate surface area is 87.8 Å². The van der Waals surface area contributed by atoms with E-state index >= 15 is 0 Å². The highest BCUT2D eigenvalue weighted by Gasteiger charge is 2.00. The van der Waals surface area contributed by atoms with Crippen LogP contribution in [0.5, 0.6) is 0 Å². The van der Waals surface area contributed by atoms with Gasteiger partial charge in [-0.25, -0.2) is 13.1 Å². The van der Waals surface area contributed by atoms with Crippen LogP contribution in [-0.2, 0) is 16.6 Å². The molecule has 15 heavy (non-hydrogen) atoms. The minimum Gasteiger partial charge on any atom is -0.545 e. The van der Waals surface area contributed by atoms with Crippen molar-refractivity contribution in [2.45, 2.75) is 6.54 Å². The number of hydrogen-bond acceptors (Lipinski definition) is 4. The molecule has 0 aliphatic rings. The van der Waals surface area contributed by atoms with Gasteiger partial charge in [-0.1, -0.05) is 24.3 Å². The normalized spacial score (nSPS) is 11.3. The van der Waals surface area contributed by atoms with Gasteiger partial charge in [0.1, 0.15) is 0 Å². The molecule has 1 aromatic rings. The highest BCUT2D eigenvalue weighted by molar-refractivity contribution is 7.88. The Balaban J connectivity index is 2.69. The largest absolute Gasteiger partial charge is 0.545 e. The molecule has 0 fully saturated rings. The van der Waals surface area contributed by atoms with Gasteiger partial charge in [0.05, 0.1) is 12.2 Å². The summed E-state index contributed by atoms with van der Waals surface area (Å²) in [7, 11) is -3.23.